The van der Waals surface area contributed by atoms with Crippen LogP contribution in [-0.2, 0) is 10.0 Å². The van der Waals surface area contributed by atoms with Crippen molar-refractivity contribution in [2.75, 3.05) is 5.73 Å². The minimum atomic E-state index is -3.80. The molecule has 1 aromatic carbocycles. The molecule has 21 heavy (non-hydrogen) atoms. The van der Waals surface area contributed by atoms with Crippen LogP contribution < -0.4 is 10.9 Å². The lowest BCUT2D eigenvalue weighted by Gasteiger charge is -2.06. The molecule has 3 rings (SSSR count). The summed E-state index contributed by atoms with van der Waals surface area (Å²) in [4.78, 5) is 4.32. The third kappa shape index (κ3) is 2.44. The number of nitrogens with one attached hydrogen (secondary N) is 1. The predicted molar refractivity (Wildman–Crippen MR) is 80.1 cm³/mol. The first kappa shape index (κ1) is 13.8. The summed E-state index contributed by atoms with van der Waals surface area (Å²) < 4.78 is 22.6. The number of pyridine rings is 1. The fourth-order valence-corrected chi connectivity index (χ4v) is 2.83. The molecule has 0 bridgehead atoms. The van der Waals surface area contributed by atoms with Gasteiger partial charge in [-0.3, -0.25) is 5.10 Å². The molecule has 0 unspecified atom stereocenters. The molecule has 2 heterocycles. The van der Waals surface area contributed by atoms with Gasteiger partial charge in [-0.05, 0) is 30.3 Å². The zero-order chi connectivity index (χ0) is 15.2. The molecule has 0 fully saturated rings. The third-order valence-electron chi connectivity index (χ3n) is 2.98. The van der Waals surface area contributed by atoms with Crippen LogP contribution in [0.15, 0.2) is 35.2 Å². The van der Waals surface area contributed by atoms with Crippen LogP contribution in [0.2, 0.25) is 5.02 Å². The van der Waals surface area contributed by atoms with Gasteiger partial charge in [-0.15, -0.1) is 0 Å². The van der Waals surface area contributed by atoms with E-state index >= 15 is 0 Å². The van der Waals surface area contributed by atoms with Crippen molar-refractivity contribution in [3.05, 3.63) is 35.4 Å². The molecule has 2 aromatic heterocycles. The van der Waals surface area contributed by atoms with Gasteiger partial charge in [0.05, 0.1) is 21.1 Å². The summed E-state index contributed by atoms with van der Waals surface area (Å²) in [7, 11) is -3.80. The summed E-state index contributed by atoms with van der Waals surface area (Å²) in [6.45, 7) is 0. The van der Waals surface area contributed by atoms with E-state index in [1.807, 2.05) is 0 Å². The van der Waals surface area contributed by atoms with Crippen molar-refractivity contribution in [3.8, 4) is 11.3 Å². The number of benzene rings is 1. The number of nitrogen functional groups attached to an aromatic ring is 1. The Morgan fingerprint density at radius 1 is 1.19 bits per heavy atom. The third-order valence-corrected chi connectivity index (χ3v) is 4.20. The number of aromatic amines is 1. The molecule has 0 radical (unpaired) electrons. The summed E-state index contributed by atoms with van der Waals surface area (Å²) in [6, 6.07) is 7.72. The minimum Gasteiger partial charge on any atom is -0.380 e. The number of rotatable bonds is 2. The molecule has 108 valence electrons. The van der Waals surface area contributed by atoms with Crippen LogP contribution in [0.25, 0.3) is 22.3 Å². The van der Waals surface area contributed by atoms with E-state index < -0.39 is 10.0 Å². The van der Waals surface area contributed by atoms with Crippen LogP contribution in [0.1, 0.15) is 0 Å². The molecule has 0 aliphatic heterocycles. The number of anilines is 1. The Morgan fingerprint density at radius 3 is 2.62 bits per heavy atom. The fourth-order valence-electron chi connectivity index (χ4n) is 1.95. The summed E-state index contributed by atoms with van der Waals surface area (Å²) in [6.07, 6.45) is 0. The number of halogens is 1. The predicted octanol–water partition coefficient (Wildman–Crippen LogP) is 1.51. The second kappa shape index (κ2) is 4.69. The van der Waals surface area contributed by atoms with Crippen LogP contribution in [-0.4, -0.2) is 23.6 Å². The summed E-state index contributed by atoms with van der Waals surface area (Å²) >= 11 is 6.12. The minimum absolute atomic E-state index is 0.0554. The van der Waals surface area contributed by atoms with Gasteiger partial charge in [-0.1, -0.05) is 11.6 Å². The average Bonchev–Trinajstić information content (AvgIpc) is 2.79. The second-order valence-corrected chi connectivity index (χ2v) is 6.36. The number of aromatic nitrogens is 3. The molecular weight excluding hydrogens is 314 g/mol. The number of hydrogen-bond donors (Lipinski definition) is 3. The van der Waals surface area contributed by atoms with Crippen molar-refractivity contribution < 1.29 is 8.42 Å². The van der Waals surface area contributed by atoms with Gasteiger partial charge in [-0.2, -0.15) is 5.10 Å². The van der Waals surface area contributed by atoms with E-state index in [1.165, 1.54) is 12.1 Å². The molecule has 3 aromatic rings. The maximum atomic E-state index is 11.3. The van der Waals surface area contributed by atoms with E-state index in [0.717, 1.165) is 0 Å². The first-order valence-electron chi connectivity index (χ1n) is 5.79. The van der Waals surface area contributed by atoms with Crippen molar-refractivity contribution in [3.63, 3.8) is 0 Å². The van der Waals surface area contributed by atoms with Crippen LogP contribution in [0.5, 0.6) is 0 Å². The maximum absolute atomic E-state index is 11.3. The molecule has 0 aliphatic rings. The first-order valence-corrected chi connectivity index (χ1v) is 7.72. The number of nitrogens with two attached hydrogens (primary N) is 2. The lowest BCUT2D eigenvalue weighted by molar-refractivity contribution is 0.598. The Morgan fingerprint density at radius 2 is 1.95 bits per heavy atom. The van der Waals surface area contributed by atoms with Gasteiger partial charge in [-0.25, -0.2) is 18.5 Å². The van der Waals surface area contributed by atoms with E-state index in [9.17, 15) is 8.42 Å². The lowest BCUT2D eigenvalue weighted by Crippen LogP contribution is -2.12. The number of fused-ring (bicyclic) bond motifs is 1. The Bertz CT molecular complexity index is 951. The van der Waals surface area contributed by atoms with E-state index in [4.69, 9.17) is 22.5 Å². The molecule has 0 saturated heterocycles. The Hall–Kier alpha value is -2.16. The van der Waals surface area contributed by atoms with E-state index in [-0.39, 0.29) is 15.7 Å². The van der Waals surface area contributed by atoms with Gasteiger partial charge < -0.3 is 5.73 Å². The number of H-pyrrole nitrogens is 1. The maximum Gasteiger partial charge on any atom is 0.238 e. The molecule has 0 aliphatic carbocycles. The van der Waals surface area contributed by atoms with E-state index in [2.05, 4.69) is 15.2 Å². The highest BCUT2D eigenvalue weighted by atomic mass is 35.5. The lowest BCUT2D eigenvalue weighted by atomic mass is 10.1. The zero-order valence-electron chi connectivity index (χ0n) is 10.5. The largest absolute Gasteiger partial charge is 0.380 e. The SMILES string of the molecule is Nc1n[nH]c2ccc(-c3ccc(S(N)(=O)=O)cc3Cl)nc12. The highest BCUT2D eigenvalue weighted by molar-refractivity contribution is 7.89. The van der Waals surface area contributed by atoms with Gasteiger partial charge >= 0.3 is 0 Å². The number of nitrogens with zero attached hydrogens (tertiary/aromatic N) is 2. The molecule has 0 amide bonds. The standard InChI is InChI=1S/C12H10ClN5O2S/c13-8-5-6(21(15,19)20)1-2-7(8)9-3-4-10-11(16-9)12(14)18-17-10/h1-5H,(H3,14,17,18)(H2,15,19,20). The Labute approximate surface area is 125 Å². The summed E-state index contributed by atoms with van der Waals surface area (Å²) in [5.74, 6) is 0.282. The van der Waals surface area contributed by atoms with Crippen LogP contribution in [0.4, 0.5) is 5.82 Å². The van der Waals surface area contributed by atoms with Crippen molar-refractivity contribution in [1.82, 2.24) is 15.2 Å². The monoisotopic (exact) mass is 323 g/mol. The van der Waals surface area contributed by atoms with Crippen molar-refractivity contribution in [2.24, 2.45) is 5.14 Å². The number of primary sulfonamides is 1. The summed E-state index contributed by atoms with van der Waals surface area (Å²) in [5, 5.41) is 11.9. The van der Waals surface area contributed by atoms with Gasteiger partial charge in [0, 0.05) is 5.56 Å². The molecule has 0 spiro atoms. The van der Waals surface area contributed by atoms with Crippen molar-refractivity contribution >= 4 is 38.5 Å². The van der Waals surface area contributed by atoms with Crippen LogP contribution in [0, 0.1) is 0 Å². The zero-order valence-corrected chi connectivity index (χ0v) is 12.1. The highest BCUT2D eigenvalue weighted by Gasteiger charge is 2.13. The van der Waals surface area contributed by atoms with Gasteiger partial charge in [0.15, 0.2) is 5.82 Å². The van der Waals surface area contributed by atoms with E-state index in [1.54, 1.807) is 18.2 Å². The van der Waals surface area contributed by atoms with Crippen LogP contribution in [0.3, 0.4) is 0 Å². The first-order chi connectivity index (χ1) is 9.86. The topological polar surface area (TPSA) is 128 Å². The molecule has 9 heteroatoms. The molecule has 7 nitrogen and oxygen atoms in total. The molecule has 0 atom stereocenters. The quantitative estimate of drug-likeness (QED) is 0.658. The normalized spacial score (nSPS) is 11.9. The van der Waals surface area contributed by atoms with Gasteiger partial charge in [0.25, 0.3) is 0 Å². The van der Waals surface area contributed by atoms with Gasteiger partial charge in [0.2, 0.25) is 10.0 Å². The molecule has 0 saturated carbocycles. The second-order valence-electron chi connectivity index (χ2n) is 4.39. The summed E-state index contributed by atoms with van der Waals surface area (Å²) in [5.41, 5.74) is 8.07. The number of hydrogen-bond acceptors (Lipinski definition) is 5. The van der Waals surface area contributed by atoms with Gasteiger partial charge in [0.1, 0.15) is 5.52 Å². The van der Waals surface area contributed by atoms with Crippen molar-refractivity contribution in [1.29, 1.82) is 0 Å². The highest BCUT2D eigenvalue weighted by Crippen LogP contribution is 2.30. The number of sulfonamides is 1. The average molecular weight is 324 g/mol. The van der Waals surface area contributed by atoms with Crippen LogP contribution >= 0.6 is 11.6 Å². The molecule has 5 N–H and O–H groups in total. The van der Waals surface area contributed by atoms with Crippen molar-refractivity contribution in [2.45, 2.75) is 4.90 Å². The van der Waals surface area contributed by atoms with E-state index in [0.29, 0.717) is 22.3 Å². The Balaban J connectivity index is 2.16. The smallest absolute Gasteiger partial charge is 0.238 e. The molecular formula is C12H10ClN5O2S. The Kier molecular flexibility index (Phi) is 3.08. The fraction of sp³-hybridized carbons (Fsp3) is 0.